The molecule has 140 valence electrons. The average molecular weight is 348 g/mol. The molecule has 25 heavy (non-hydrogen) atoms. The van der Waals surface area contributed by atoms with Crippen LogP contribution in [0.4, 0.5) is 0 Å². The van der Waals surface area contributed by atoms with Crippen LogP contribution in [-0.4, -0.2) is 79.6 Å². The van der Waals surface area contributed by atoms with Gasteiger partial charge in [-0.3, -0.25) is 14.6 Å². The van der Waals surface area contributed by atoms with Crippen LogP contribution in [0.2, 0.25) is 0 Å². The van der Waals surface area contributed by atoms with Gasteiger partial charge < -0.3 is 9.64 Å². The number of hydrogen-bond donors (Lipinski definition) is 0. The maximum atomic E-state index is 12.7. The largest absolute Gasteiger partial charge is 0.383 e. The van der Waals surface area contributed by atoms with Crippen molar-refractivity contribution in [3.8, 4) is 0 Å². The van der Waals surface area contributed by atoms with Gasteiger partial charge in [-0.1, -0.05) is 19.1 Å². The monoisotopic (exact) mass is 347 g/mol. The highest BCUT2D eigenvalue weighted by Crippen LogP contribution is 2.13. The topological polar surface area (TPSA) is 36.0 Å². The summed E-state index contributed by atoms with van der Waals surface area (Å²) in [4.78, 5) is 19.4. The maximum absolute atomic E-state index is 12.7. The van der Waals surface area contributed by atoms with Crippen LogP contribution in [-0.2, 0) is 11.3 Å². The number of methoxy groups -OCH3 is 1. The molecule has 1 aromatic rings. The number of carbonyl (C=O) groups is 1. The standard InChI is InChI=1S/C20H33N3O2/c1-5-21(14-15-25-4)16-18-6-8-19(9-7-18)20(24)23-12-10-22(11-13-23)17(2)3/h6-9,17H,5,10-16H2,1-4H3. The Labute approximate surface area is 152 Å². The molecule has 1 fully saturated rings. The third-order valence-corrected chi connectivity index (χ3v) is 5.00. The van der Waals surface area contributed by atoms with Gasteiger partial charge in [0.25, 0.3) is 5.91 Å². The predicted molar refractivity (Wildman–Crippen MR) is 102 cm³/mol. The van der Waals surface area contributed by atoms with Crippen molar-refractivity contribution in [2.24, 2.45) is 0 Å². The lowest BCUT2D eigenvalue weighted by molar-refractivity contribution is 0.0595. The molecule has 0 spiro atoms. The molecule has 0 N–H and O–H groups in total. The molecular weight excluding hydrogens is 314 g/mol. The summed E-state index contributed by atoms with van der Waals surface area (Å²) in [5, 5.41) is 0. The van der Waals surface area contributed by atoms with Gasteiger partial charge in [0.1, 0.15) is 0 Å². The fraction of sp³-hybridized carbons (Fsp3) is 0.650. The normalized spacial score (nSPS) is 16.0. The first kappa shape index (κ1) is 19.9. The summed E-state index contributed by atoms with van der Waals surface area (Å²) in [7, 11) is 1.73. The molecule has 0 bridgehead atoms. The molecule has 1 aliphatic rings. The minimum atomic E-state index is 0.154. The second kappa shape index (κ2) is 9.90. The van der Waals surface area contributed by atoms with E-state index >= 15 is 0 Å². The number of rotatable bonds is 8. The van der Waals surface area contributed by atoms with E-state index in [0.717, 1.165) is 58.0 Å². The zero-order valence-corrected chi connectivity index (χ0v) is 16.2. The molecule has 0 saturated carbocycles. The molecule has 1 aliphatic heterocycles. The summed E-state index contributed by atoms with van der Waals surface area (Å²) in [6.45, 7) is 13.7. The van der Waals surface area contributed by atoms with Crippen molar-refractivity contribution in [3.05, 3.63) is 35.4 Å². The Balaban J connectivity index is 1.90. The molecule has 5 nitrogen and oxygen atoms in total. The van der Waals surface area contributed by atoms with E-state index in [1.165, 1.54) is 5.56 Å². The van der Waals surface area contributed by atoms with E-state index in [2.05, 4.69) is 42.7 Å². The third-order valence-electron chi connectivity index (χ3n) is 5.00. The Morgan fingerprint density at radius 3 is 2.32 bits per heavy atom. The van der Waals surface area contributed by atoms with Gasteiger partial charge in [-0.15, -0.1) is 0 Å². The number of amides is 1. The number of piperazine rings is 1. The molecule has 0 unspecified atom stereocenters. The van der Waals surface area contributed by atoms with Gasteiger partial charge in [0, 0.05) is 58.0 Å². The van der Waals surface area contributed by atoms with Crippen LogP contribution < -0.4 is 0 Å². The summed E-state index contributed by atoms with van der Waals surface area (Å²) < 4.78 is 5.16. The lowest BCUT2D eigenvalue weighted by Gasteiger charge is -2.37. The predicted octanol–water partition coefficient (Wildman–Crippen LogP) is 2.32. The zero-order chi connectivity index (χ0) is 18.2. The summed E-state index contributed by atoms with van der Waals surface area (Å²) in [5.41, 5.74) is 2.03. The molecule has 1 saturated heterocycles. The minimum absolute atomic E-state index is 0.154. The Morgan fingerprint density at radius 1 is 1.16 bits per heavy atom. The Kier molecular flexibility index (Phi) is 7.88. The highest BCUT2D eigenvalue weighted by molar-refractivity contribution is 5.94. The van der Waals surface area contributed by atoms with Gasteiger partial charge in [-0.05, 0) is 38.1 Å². The van der Waals surface area contributed by atoms with Crippen LogP contribution in [0.5, 0.6) is 0 Å². The number of likely N-dealkylation sites (N-methyl/N-ethyl adjacent to an activating group) is 1. The van der Waals surface area contributed by atoms with Crippen molar-refractivity contribution in [3.63, 3.8) is 0 Å². The number of hydrogen-bond acceptors (Lipinski definition) is 4. The van der Waals surface area contributed by atoms with Crippen LogP contribution in [0.3, 0.4) is 0 Å². The molecule has 0 atom stereocenters. The highest BCUT2D eigenvalue weighted by atomic mass is 16.5. The molecule has 1 aromatic carbocycles. The van der Waals surface area contributed by atoms with E-state index in [1.54, 1.807) is 7.11 Å². The Bertz CT molecular complexity index is 522. The van der Waals surface area contributed by atoms with Crippen molar-refractivity contribution in [2.75, 3.05) is 53.0 Å². The van der Waals surface area contributed by atoms with E-state index < -0.39 is 0 Å². The number of nitrogens with zero attached hydrogens (tertiary/aromatic N) is 3. The summed E-state index contributed by atoms with van der Waals surface area (Å²) >= 11 is 0. The van der Waals surface area contributed by atoms with Crippen molar-refractivity contribution in [1.82, 2.24) is 14.7 Å². The van der Waals surface area contributed by atoms with Gasteiger partial charge in [0.15, 0.2) is 0 Å². The fourth-order valence-electron chi connectivity index (χ4n) is 3.20. The molecule has 1 amide bonds. The summed E-state index contributed by atoms with van der Waals surface area (Å²) in [5.74, 6) is 0.154. The van der Waals surface area contributed by atoms with E-state index in [1.807, 2.05) is 17.0 Å². The molecule has 2 rings (SSSR count). The molecule has 1 heterocycles. The fourth-order valence-corrected chi connectivity index (χ4v) is 3.20. The second-order valence-corrected chi connectivity index (χ2v) is 6.98. The number of ether oxygens (including phenoxy) is 1. The SMILES string of the molecule is CCN(CCOC)Cc1ccc(C(=O)N2CCN(C(C)C)CC2)cc1. The first-order valence-corrected chi connectivity index (χ1v) is 9.38. The van der Waals surface area contributed by atoms with Crippen LogP contribution in [0.25, 0.3) is 0 Å². The lowest BCUT2D eigenvalue weighted by atomic mass is 10.1. The summed E-state index contributed by atoms with van der Waals surface area (Å²) in [6.07, 6.45) is 0. The molecule has 5 heteroatoms. The Morgan fingerprint density at radius 2 is 1.80 bits per heavy atom. The smallest absolute Gasteiger partial charge is 0.253 e. The van der Waals surface area contributed by atoms with Crippen LogP contribution in [0.15, 0.2) is 24.3 Å². The van der Waals surface area contributed by atoms with E-state index in [-0.39, 0.29) is 5.91 Å². The van der Waals surface area contributed by atoms with Gasteiger partial charge >= 0.3 is 0 Å². The van der Waals surface area contributed by atoms with Crippen molar-refractivity contribution in [2.45, 2.75) is 33.4 Å². The number of benzene rings is 1. The van der Waals surface area contributed by atoms with Gasteiger partial charge in [0.2, 0.25) is 0 Å². The quantitative estimate of drug-likeness (QED) is 0.723. The van der Waals surface area contributed by atoms with Crippen LogP contribution in [0, 0.1) is 0 Å². The van der Waals surface area contributed by atoms with Gasteiger partial charge in [0.05, 0.1) is 6.61 Å². The number of carbonyl (C=O) groups excluding carboxylic acids is 1. The average Bonchev–Trinajstić information content (AvgIpc) is 2.65. The molecule has 0 radical (unpaired) electrons. The minimum Gasteiger partial charge on any atom is -0.383 e. The van der Waals surface area contributed by atoms with E-state index in [9.17, 15) is 4.79 Å². The van der Waals surface area contributed by atoms with Crippen LogP contribution >= 0.6 is 0 Å². The van der Waals surface area contributed by atoms with E-state index in [0.29, 0.717) is 6.04 Å². The lowest BCUT2D eigenvalue weighted by Crippen LogP contribution is -2.50. The zero-order valence-electron chi connectivity index (χ0n) is 16.2. The molecular formula is C20H33N3O2. The van der Waals surface area contributed by atoms with E-state index in [4.69, 9.17) is 4.74 Å². The second-order valence-electron chi connectivity index (χ2n) is 6.98. The van der Waals surface area contributed by atoms with Crippen molar-refractivity contribution in [1.29, 1.82) is 0 Å². The maximum Gasteiger partial charge on any atom is 0.253 e. The molecule has 0 aliphatic carbocycles. The highest BCUT2D eigenvalue weighted by Gasteiger charge is 2.23. The first-order valence-electron chi connectivity index (χ1n) is 9.38. The van der Waals surface area contributed by atoms with Crippen LogP contribution in [0.1, 0.15) is 36.7 Å². The third kappa shape index (κ3) is 5.80. The summed E-state index contributed by atoms with van der Waals surface area (Å²) in [6, 6.07) is 8.64. The Hall–Kier alpha value is -1.43. The first-order chi connectivity index (χ1) is 12.0. The van der Waals surface area contributed by atoms with Crippen molar-refractivity contribution < 1.29 is 9.53 Å². The molecule has 0 aromatic heterocycles. The van der Waals surface area contributed by atoms with Gasteiger partial charge in [-0.25, -0.2) is 0 Å². The van der Waals surface area contributed by atoms with Crippen molar-refractivity contribution >= 4 is 5.91 Å². The van der Waals surface area contributed by atoms with Gasteiger partial charge in [-0.2, -0.15) is 0 Å².